The summed E-state index contributed by atoms with van der Waals surface area (Å²) in [5, 5.41) is 13.7. The SMILES string of the molecule is CC(O)(CCNC(C)(C)C)CC1CCCO1. The summed E-state index contributed by atoms with van der Waals surface area (Å²) < 4.78 is 5.56. The highest BCUT2D eigenvalue weighted by atomic mass is 16.5. The minimum Gasteiger partial charge on any atom is -0.390 e. The van der Waals surface area contributed by atoms with Gasteiger partial charge in [0.1, 0.15) is 0 Å². The number of hydrogen-bond acceptors (Lipinski definition) is 3. The summed E-state index contributed by atoms with van der Waals surface area (Å²) in [5.74, 6) is 0. The molecular formula is C13H27NO2. The highest BCUT2D eigenvalue weighted by Gasteiger charge is 2.28. The molecule has 0 saturated carbocycles. The molecule has 16 heavy (non-hydrogen) atoms. The minimum absolute atomic E-state index is 0.125. The van der Waals surface area contributed by atoms with Crippen molar-refractivity contribution in [3.05, 3.63) is 0 Å². The van der Waals surface area contributed by atoms with E-state index in [1.165, 1.54) is 0 Å². The smallest absolute Gasteiger partial charge is 0.0656 e. The third kappa shape index (κ3) is 5.83. The fourth-order valence-corrected chi connectivity index (χ4v) is 2.10. The lowest BCUT2D eigenvalue weighted by Gasteiger charge is -2.28. The van der Waals surface area contributed by atoms with Gasteiger partial charge < -0.3 is 15.2 Å². The van der Waals surface area contributed by atoms with E-state index in [0.29, 0.717) is 0 Å². The van der Waals surface area contributed by atoms with E-state index < -0.39 is 5.60 Å². The minimum atomic E-state index is -0.604. The predicted octanol–water partition coefficient (Wildman–Crippen LogP) is 2.08. The third-order valence-electron chi connectivity index (χ3n) is 3.01. The number of ether oxygens (including phenoxy) is 1. The van der Waals surface area contributed by atoms with E-state index in [1.54, 1.807) is 0 Å². The molecule has 0 aliphatic carbocycles. The number of hydrogen-bond donors (Lipinski definition) is 2. The lowest BCUT2D eigenvalue weighted by molar-refractivity contribution is -0.0124. The summed E-state index contributed by atoms with van der Waals surface area (Å²) in [6.45, 7) is 10.1. The number of nitrogens with one attached hydrogen (secondary N) is 1. The van der Waals surface area contributed by atoms with Crippen molar-refractivity contribution < 1.29 is 9.84 Å². The van der Waals surface area contributed by atoms with Crippen LogP contribution in [0, 0.1) is 0 Å². The lowest BCUT2D eigenvalue weighted by atomic mass is 9.93. The molecule has 0 amide bonds. The zero-order chi connectivity index (χ0) is 12.2. The first-order valence-electron chi connectivity index (χ1n) is 6.38. The maximum absolute atomic E-state index is 10.3. The van der Waals surface area contributed by atoms with E-state index in [9.17, 15) is 5.11 Å². The van der Waals surface area contributed by atoms with Crippen LogP contribution in [0.15, 0.2) is 0 Å². The van der Waals surface area contributed by atoms with E-state index >= 15 is 0 Å². The molecule has 3 nitrogen and oxygen atoms in total. The van der Waals surface area contributed by atoms with Crippen LogP contribution in [0.3, 0.4) is 0 Å². The molecule has 1 fully saturated rings. The first-order valence-corrected chi connectivity index (χ1v) is 6.38. The van der Waals surface area contributed by atoms with Gasteiger partial charge in [-0.2, -0.15) is 0 Å². The Morgan fingerprint density at radius 2 is 2.00 bits per heavy atom. The summed E-state index contributed by atoms with van der Waals surface area (Å²) in [6, 6.07) is 0. The standard InChI is InChI=1S/C13H27NO2/c1-12(2,3)14-8-7-13(4,15)10-11-6-5-9-16-11/h11,14-15H,5-10H2,1-4H3. The van der Waals surface area contributed by atoms with Crippen molar-refractivity contribution in [1.82, 2.24) is 5.32 Å². The summed E-state index contributed by atoms with van der Waals surface area (Å²) in [6.07, 6.45) is 4.05. The van der Waals surface area contributed by atoms with Gasteiger partial charge in [0.15, 0.2) is 0 Å². The van der Waals surface area contributed by atoms with Gasteiger partial charge in [0.2, 0.25) is 0 Å². The summed E-state index contributed by atoms with van der Waals surface area (Å²) in [4.78, 5) is 0. The Kier molecular flexibility index (Phi) is 4.77. The van der Waals surface area contributed by atoms with Crippen LogP contribution in [-0.2, 0) is 4.74 Å². The van der Waals surface area contributed by atoms with Gasteiger partial charge in [0.05, 0.1) is 11.7 Å². The van der Waals surface area contributed by atoms with Crippen LogP contribution in [0.25, 0.3) is 0 Å². The van der Waals surface area contributed by atoms with Crippen molar-refractivity contribution in [2.24, 2.45) is 0 Å². The van der Waals surface area contributed by atoms with E-state index in [0.717, 1.165) is 38.8 Å². The van der Waals surface area contributed by atoms with Crippen molar-refractivity contribution in [2.45, 2.75) is 70.6 Å². The molecule has 2 N–H and O–H groups in total. The molecule has 96 valence electrons. The van der Waals surface area contributed by atoms with Gasteiger partial charge in [0.25, 0.3) is 0 Å². The summed E-state index contributed by atoms with van der Waals surface area (Å²) >= 11 is 0. The molecule has 1 rings (SSSR count). The molecule has 1 heterocycles. The van der Waals surface area contributed by atoms with E-state index in [4.69, 9.17) is 4.74 Å². The van der Waals surface area contributed by atoms with Gasteiger partial charge in [0, 0.05) is 18.6 Å². The maximum atomic E-state index is 10.3. The predicted molar refractivity (Wildman–Crippen MR) is 66.6 cm³/mol. The van der Waals surface area contributed by atoms with E-state index in [1.807, 2.05) is 6.92 Å². The molecular weight excluding hydrogens is 202 g/mol. The van der Waals surface area contributed by atoms with Crippen molar-refractivity contribution in [2.75, 3.05) is 13.2 Å². The van der Waals surface area contributed by atoms with Crippen LogP contribution in [0.2, 0.25) is 0 Å². The Morgan fingerprint density at radius 1 is 1.31 bits per heavy atom. The summed E-state index contributed by atoms with van der Waals surface area (Å²) in [5.41, 5.74) is -0.479. The molecule has 3 heteroatoms. The zero-order valence-corrected chi connectivity index (χ0v) is 11.2. The average Bonchev–Trinajstić information content (AvgIpc) is 2.52. The van der Waals surface area contributed by atoms with Gasteiger partial charge in [-0.15, -0.1) is 0 Å². The van der Waals surface area contributed by atoms with Crippen LogP contribution in [0.5, 0.6) is 0 Å². The molecule has 0 aromatic carbocycles. The average molecular weight is 229 g/mol. The van der Waals surface area contributed by atoms with Crippen molar-refractivity contribution in [1.29, 1.82) is 0 Å². The van der Waals surface area contributed by atoms with E-state index in [-0.39, 0.29) is 11.6 Å². The topological polar surface area (TPSA) is 41.5 Å². The second-order valence-corrected chi connectivity index (χ2v) is 6.26. The van der Waals surface area contributed by atoms with Crippen molar-refractivity contribution >= 4 is 0 Å². The van der Waals surface area contributed by atoms with Gasteiger partial charge >= 0.3 is 0 Å². The second kappa shape index (κ2) is 5.48. The molecule has 1 aliphatic heterocycles. The van der Waals surface area contributed by atoms with Crippen molar-refractivity contribution in [3.8, 4) is 0 Å². The van der Waals surface area contributed by atoms with Crippen LogP contribution < -0.4 is 5.32 Å². The Bertz CT molecular complexity index is 202. The second-order valence-electron chi connectivity index (χ2n) is 6.26. The zero-order valence-electron chi connectivity index (χ0n) is 11.2. The first-order chi connectivity index (χ1) is 7.29. The molecule has 0 aromatic heterocycles. The quantitative estimate of drug-likeness (QED) is 0.758. The first kappa shape index (κ1) is 13.9. The highest BCUT2D eigenvalue weighted by molar-refractivity contribution is 4.81. The fourth-order valence-electron chi connectivity index (χ4n) is 2.10. The van der Waals surface area contributed by atoms with Gasteiger partial charge in [-0.1, -0.05) is 0 Å². The van der Waals surface area contributed by atoms with Crippen LogP contribution >= 0.6 is 0 Å². The highest BCUT2D eigenvalue weighted by Crippen LogP contribution is 2.24. The molecule has 0 radical (unpaired) electrons. The summed E-state index contributed by atoms with van der Waals surface area (Å²) in [7, 11) is 0. The molecule has 0 spiro atoms. The largest absolute Gasteiger partial charge is 0.390 e. The molecule has 2 atom stereocenters. The Balaban J connectivity index is 2.22. The molecule has 1 saturated heterocycles. The monoisotopic (exact) mass is 229 g/mol. The Hall–Kier alpha value is -0.120. The maximum Gasteiger partial charge on any atom is 0.0656 e. The van der Waals surface area contributed by atoms with Gasteiger partial charge in [-0.3, -0.25) is 0 Å². The lowest BCUT2D eigenvalue weighted by Crippen LogP contribution is -2.40. The third-order valence-corrected chi connectivity index (χ3v) is 3.01. The molecule has 0 aromatic rings. The normalized spacial score (nSPS) is 25.7. The van der Waals surface area contributed by atoms with E-state index in [2.05, 4.69) is 26.1 Å². The Labute approximate surface area is 99.6 Å². The number of aliphatic hydroxyl groups is 1. The van der Waals surface area contributed by atoms with Crippen LogP contribution in [-0.4, -0.2) is 35.5 Å². The van der Waals surface area contributed by atoms with Gasteiger partial charge in [-0.25, -0.2) is 0 Å². The van der Waals surface area contributed by atoms with Crippen molar-refractivity contribution in [3.63, 3.8) is 0 Å². The van der Waals surface area contributed by atoms with Crippen LogP contribution in [0.1, 0.15) is 53.4 Å². The Morgan fingerprint density at radius 3 is 2.50 bits per heavy atom. The van der Waals surface area contributed by atoms with Gasteiger partial charge in [-0.05, 0) is 53.5 Å². The molecule has 2 unspecified atom stereocenters. The molecule has 1 aliphatic rings. The number of rotatable bonds is 5. The fraction of sp³-hybridized carbons (Fsp3) is 1.00. The van der Waals surface area contributed by atoms with Crippen LogP contribution in [0.4, 0.5) is 0 Å². The molecule has 0 bridgehead atoms.